The van der Waals surface area contributed by atoms with Crippen molar-refractivity contribution < 1.29 is 4.74 Å². The van der Waals surface area contributed by atoms with Crippen LogP contribution in [0.2, 0.25) is 0 Å². The van der Waals surface area contributed by atoms with Crippen molar-refractivity contribution in [2.24, 2.45) is 5.73 Å². The SMILES string of the molecule is CCC(NCCCN)c1ccccc1OC. The molecule has 16 heavy (non-hydrogen) atoms. The Morgan fingerprint density at radius 3 is 2.75 bits per heavy atom. The number of benzene rings is 1. The van der Waals surface area contributed by atoms with Crippen molar-refractivity contribution >= 4 is 0 Å². The van der Waals surface area contributed by atoms with E-state index < -0.39 is 0 Å². The summed E-state index contributed by atoms with van der Waals surface area (Å²) in [6.45, 7) is 3.86. The molecule has 3 N–H and O–H groups in total. The molecule has 1 aromatic carbocycles. The van der Waals surface area contributed by atoms with Crippen molar-refractivity contribution in [3.63, 3.8) is 0 Å². The maximum Gasteiger partial charge on any atom is 0.123 e. The van der Waals surface area contributed by atoms with E-state index in [9.17, 15) is 0 Å². The van der Waals surface area contributed by atoms with Gasteiger partial charge in [-0.15, -0.1) is 0 Å². The minimum absolute atomic E-state index is 0.350. The lowest BCUT2D eigenvalue weighted by atomic mass is 10.0. The van der Waals surface area contributed by atoms with E-state index in [2.05, 4.69) is 18.3 Å². The third-order valence-electron chi connectivity index (χ3n) is 2.69. The van der Waals surface area contributed by atoms with Crippen LogP contribution in [-0.4, -0.2) is 20.2 Å². The van der Waals surface area contributed by atoms with Gasteiger partial charge >= 0.3 is 0 Å². The number of rotatable bonds is 7. The zero-order valence-corrected chi connectivity index (χ0v) is 10.2. The van der Waals surface area contributed by atoms with Crippen LogP contribution in [0, 0.1) is 0 Å². The summed E-state index contributed by atoms with van der Waals surface area (Å²) in [5.41, 5.74) is 6.71. The molecule has 0 radical (unpaired) electrons. The minimum Gasteiger partial charge on any atom is -0.496 e. The largest absolute Gasteiger partial charge is 0.496 e. The molecular formula is C13H22N2O. The molecule has 0 heterocycles. The smallest absolute Gasteiger partial charge is 0.123 e. The number of hydrogen-bond acceptors (Lipinski definition) is 3. The highest BCUT2D eigenvalue weighted by atomic mass is 16.5. The summed E-state index contributed by atoms with van der Waals surface area (Å²) >= 11 is 0. The fourth-order valence-corrected chi connectivity index (χ4v) is 1.81. The fourth-order valence-electron chi connectivity index (χ4n) is 1.81. The van der Waals surface area contributed by atoms with Crippen LogP contribution in [0.1, 0.15) is 31.4 Å². The predicted molar refractivity (Wildman–Crippen MR) is 67.7 cm³/mol. The Balaban J connectivity index is 2.69. The van der Waals surface area contributed by atoms with Crippen LogP contribution in [0.3, 0.4) is 0 Å². The first kappa shape index (κ1) is 13.0. The van der Waals surface area contributed by atoms with Gasteiger partial charge in [0.05, 0.1) is 7.11 Å². The van der Waals surface area contributed by atoms with Crippen molar-refractivity contribution in [3.05, 3.63) is 29.8 Å². The van der Waals surface area contributed by atoms with Gasteiger partial charge in [-0.05, 0) is 32.0 Å². The highest BCUT2D eigenvalue weighted by Gasteiger charge is 2.12. The molecule has 3 nitrogen and oxygen atoms in total. The van der Waals surface area contributed by atoms with Gasteiger partial charge < -0.3 is 15.8 Å². The molecule has 0 saturated heterocycles. The first-order valence-electron chi connectivity index (χ1n) is 5.89. The van der Waals surface area contributed by atoms with Crippen molar-refractivity contribution in [2.45, 2.75) is 25.8 Å². The molecule has 0 aliphatic rings. The number of ether oxygens (including phenoxy) is 1. The molecule has 0 aliphatic heterocycles. The molecule has 0 amide bonds. The topological polar surface area (TPSA) is 47.3 Å². The number of para-hydroxylation sites is 1. The van der Waals surface area contributed by atoms with Gasteiger partial charge in [0.15, 0.2) is 0 Å². The number of methoxy groups -OCH3 is 1. The Morgan fingerprint density at radius 1 is 1.38 bits per heavy atom. The van der Waals surface area contributed by atoms with Crippen LogP contribution in [0.15, 0.2) is 24.3 Å². The lowest BCUT2D eigenvalue weighted by Crippen LogP contribution is -2.24. The van der Waals surface area contributed by atoms with Gasteiger partial charge in [-0.1, -0.05) is 25.1 Å². The van der Waals surface area contributed by atoms with Crippen LogP contribution in [0.25, 0.3) is 0 Å². The van der Waals surface area contributed by atoms with E-state index in [0.717, 1.165) is 31.7 Å². The molecule has 0 fully saturated rings. The van der Waals surface area contributed by atoms with E-state index in [0.29, 0.717) is 6.04 Å². The summed E-state index contributed by atoms with van der Waals surface area (Å²) in [6.07, 6.45) is 2.05. The van der Waals surface area contributed by atoms with E-state index in [4.69, 9.17) is 10.5 Å². The zero-order chi connectivity index (χ0) is 11.8. The van der Waals surface area contributed by atoms with Crippen molar-refractivity contribution in [1.29, 1.82) is 0 Å². The molecule has 3 heteroatoms. The first-order chi connectivity index (χ1) is 7.83. The average molecular weight is 222 g/mol. The third kappa shape index (κ3) is 3.51. The van der Waals surface area contributed by atoms with Crippen molar-refractivity contribution in [2.75, 3.05) is 20.2 Å². The first-order valence-corrected chi connectivity index (χ1v) is 5.89. The average Bonchev–Trinajstić information content (AvgIpc) is 2.35. The normalized spacial score (nSPS) is 12.4. The van der Waals surface area contributed by atoms with Crippen molar-refractivity contribution in [1.82, 2.24) is 5.32 Å². The van der Waals surface area contributed by atoms with Crippen LogP contribution in [0.5, 0.6) is 5.75 Å². The Kier molecular flexibility index (Phi) is 5.90. The number of nitrogens with two attached hydrogens (primary N) is 1. The van der Waals surface area contributed by atoms with Gasteiger partial charge in [0.2, 0.25) is 0 Å². The monoisotopic (exact) mass is 222 g/mol. The molecule has 0 saturated carbocycles. The summed E-state index contributed by atoms with van der Waals surface area (Å²) in [4.78, 5) is 0. The second kappa shape index (κ2) is 7.25. The quantitative estimate of drug-likeness (QED) is 0.694. The standard InChI is InChI=1S/C13H22N2O/c1-3-12(15-10-6-9-14)11-7-4-5-8-13(11)16-2/h4-5,7-8,12,15H,3,6,9-10,14H2,1-2H3. The van der Waals surface area contributed by atoms with Gasteiger partial charge in [-0.25, -0.2) is 0 Å². The Bertz CT molecular complexity index is 302. The third-order valence-corrected chi connectivity index (χ3v) is 2.69. The second-order valence-electron chi connectivity index (χ2n) is 3.80. The Labute approximate surface area is 98.0 Å². The van der Waals surface area contributed by atoms with Gasteiger partial charge in [0.1, 0.15) is 5.75 Å². The fraction of sp³-hybridized carbons (Fsp3) is 0.538. The summed E-state index contributed by atoms with van der Waals surface area (Å²) in [7, 11) is 1.71. The maximum atomic E-state index is 5.49. The van der Waals surface area contributed by atoms with Gasteiger partial charge in [-0.3, -0.25) is 0 Å². The molecule has 1 atom stereocenters. The molecule has 0 aromatic heterocycles. The zero-order valence-electron chi connectivity index (χ0n) is 10.2. The van der Waals surface area contributed by atoms with E-state index in [1.54, 1.807) is 7.11 Å². The lowest BCUT2D eigenvalue weighted by Gasteiger charge is -2.19. The summed E-state index contributed by atoms with van der Waals surface area (Å²) in [6, 6.07) is 8.51. The van der Waals surface area contributed by atoms with Crippen LogP contribution in [-0.2, 0) is 0 Å². The molecule has 1 aromatic rings. The molecular weight excluding hydrogens is 200 g/mol. The molecule has 0 bridgehead atoms. The number of nitrogens with one attached hydrogen (secondary N) is 1. The van der Waals surface area contributed by atoms with Crippen molar-refractivity contribution in [3.8, 4) is 5.75 Å². The van der Waals surface area contributed by atoms with E-state index in [1.165, 1.54) is 5.56 Å². The highest BCUT2D eigenvalue weighted by Crippen LogP contribution is 2.26. The minimum atomic E-state index is 0.350. The van der Waals surface area contributed by atoms with E-state index >= 15 is 0 Å². The maximum absolute atomic E-state index is 5.49. The Hall–Kier alpha value is -1.06. The summed E-state index contributed by atoms with van der Waals surface area (Å²) in [5, 5.41) is 3.50. The molecule has 0 aliphatic carbocycles. The van der Waals surface area contributed by atoms with Crippen LogP contribution >= 0.6 is 0 Å². The molecule has 1 unspecified atom stereocenters. The van der Waals surface area contributed by atoms with Crippen LogP contribution in [0.4, 0.5) is 0 Å². The van der Waals surface area contributed by atoms with Crippen LogP contribution < -0.4 is 15.8 Å². The molecule has 0 spiro atoms. The Morgan fingerprint density at radius 2 is 2.12 bits per heavy atom. The summed E-state index contributed by atoms with van der Waals surface area (Å²) < 4.78 is 5.37. The van der Waals surface area contributed by atoms with Gasteiger partial charge in [-0.2, -0.15) is 0 Å². The summed E-state index contributed by atoms with van der Waals surface area (Å²) in [5.74, 6) is 0.953. The van der Waals surface area contributed by atoms with E-state index in [1.807, 2.05) is 18.2 Å². The van der Waals surface area contributed by atoms with Gasteiger partial charge in [0.25, 0.3) is 0 Å². The number of hydrogen-bond donors (Lipinski definition) is 2. The predicted octanol–water partition coefficient (Wildman–Crippen LogP) is 2.08. The second-order valence-corrected chi connectivity index (χ2v) is 3.80. The van der Waals surface area contributed by atoms with Gasteiger partial charge in [0, 0.05) is 11.6 Å². The molecule has 1 rings (SSSR count). The lowest BCUT2D eigenvalue weighted by molar-refractivity contribution is 0.396. The van der Waals surface area contributed by atoms with E-state index in [-0.39, 0.29) is 0 Å². The highest BCUT2D eigenvalue weighted by molar-refractivity contribution is 5.35. The molecule has 90 valence electrons.